The van der Waals surface area contributed by atoms with E-state index in [1.54, 1.807) is 23.3 Å². The molecule has 94 valence electrons. The maximum Gasteiger partial charge on any atom is 0.254 e. The summed E-state index contributed by atoms with van der Waals surface area (Å²) in [4.78, 5) is 13.7. The molecule has 1 aliphatic rings. The van der Waals surface area contributed by atoms with Gasteiger partial charge in [0.2, 0.25) is 0 Å². The van der Waals surface area contributed by atoms with Gasteiger partial charge in [-0.05, 0) is 32.9 Å². The van der Waals surface area contributed by atoms with E-state index in [-0.39, 0.29) is 5.91 Å². The van der Waals surface area contributed by atoms with E-state index in [2.05, 4.69) is 15.9 Å². The van der Waals surface area contributed by atoms with Gasteiger partial charge < -0.3 is 14.4 Å². The standard InChI is InChI=1S/C11H14BrNO3S/c1-13(5-8-4-10(12)17-7-8)11(14)9-6-15-2-3-16-9/h4,7,9H,2-3,5-6H2,1H3. The fourth-order valence-corrected chi connectivity index (χ4v) is 2.86. The fraction of sp³-hybridized carbons (Fsp3) is 0.545. The van der Waals surface area contributed by atoms with Crippen LogP contribution in [0.5, 0.6) is 0 Å². The smallest absolute Gasteiger partial charge is 0.254 e. The molecular formula is C11H14BrNO3S. The molecule has 0 bridgehead atoms. The van der Waals surface area contributed by atoms with E-state index in [4.69, 9.17) is 9.47 Å². The van der Waals surface area contributed by atoms with Crippen molar-refractivity contribution < 1.29 is 14.3 Å². The van der Waals surface area contributed by atoms with Crippen LogP contribution in [0.3, 0.4) is 0 Å². The van der Waals surface area contributed by atoms with Crippen molar-refractivity contribution in [1.82, 2.24) is 4.90 Å². The molecule has 1 aromatic heterocycles. The van der Waals surface area contributed by atoms with E-state index in [9.17, 15) is 4.79 Å². The molecule has 4 nitrogen and oxygen atoms in total. The fourth-order valence-electron chi connectivity index (χ4n) is 1.66. The molecule has 0 saturated carbocycles. The van der Waals surface area contributed by atoms with Crippen molar-refractivity contribution in [3.8, 4) is 0 Å². The minimum Gasteiger partial charge on any atom is -0.376 e. The Morgan fingerprint density at radius 2 is 2.47 bits per heavy atom. The largest absolute Gasteiger partial charge is 0.376 e. The quantitative estimate of drug-likeness (QED) is 0.854. The average molecular weight is 320 g/mol. The first-order chi connectivity index (χ1) is 8.16. The van der Waals surface area contributed by atoms with E-state index in [1.165, 1.54) is 0 Å². The van der Waals surface area contributed by atoms with Crippen molar-refractivity contribution in [3.63, 3.8) is 0 Å². The minimum atomic E-state index is -0.448. The first-order valence-electron chi connectivity index (χ1n) is 5.34. The SMILES string of the molecule is CN(Cc1csc(Br)c1)C(=O)C1COCCO1. The number of nitrogens with zero attached hydrogens (tertiary/aromatic N) is 1. The zero-order chi connectivity index (χ0) is 12.3. The topological polar surface area (TPSA) is 38.8 Å². The molecule has 1 atom stereocenters. The van der Waals surface area contributed by atoms with Crippen molar-refractivity contribution >= 4 is 33.2 Å². The number of amides is 1. The van der Waals surface area contributed by atoms with Crippen LogP contribution in [0.4, 0.5) is 0 Å². The second-order valence-corrected chi connectivity index (χ2v) is 6.18. The highest BCUT2D eigenvalue weighted by Gasteiger charge is 2.25. The zero-order valence-corrected chi connectivity index (χ0v) is 11.9. The van der Waals surface area contributed by atoms with Crippen molar-refractivity contribution in [2.45, 2.75) is 12.6 Å². The minimum absolute atomic E-state index is 0.0213. The molecule has 0 aliphatic carbocycles. The number of halogens is 1. The van der Waals surface area contributed by atoms with Crippen LogP contribution in [0.15, 0.2) is 15.2 Å². The normalized spacial score (nSPS) is 20.2. The van der Waals surface area contributed by atoms with Crippen LogP contribution in [-0.4, -0.2) is 43.8 Å². The molecule has 1 aliphatic heterocycles. The summed E-state index contributed by atoms with van der Waals surface area (Å²) in [7, 11) is 1.78. The molecule has 2 heterocycles. The Morgan fingerprint density at radius 1 is 1.65 bits per heavy atom. The van der Waals surface area contributed by atoms with Crippen LogP contribution in [-0.2, 0) is 20.8 Å². The Kier molecular flexibility index (Phi) is 4.55. The Hall–Kier alpha value is -0.430. The molecule has 6 heteroatoms. The number of ether oxygens (including phenoxy) is 2. The monoisotopic (exact) mass is 319 g/mol. The first kappa shape index (κ1) is 13.0. The van der Waals surface area contributed by atoms with Gasteiger partial charge in [0.1, 0.15) is 0 Å². The van der Waals surface area contributed by atoms with Crippen molar-refractivity contribution in [2.24, 2.45) is 0 Å². The van der Waals surface area contributed by atoms with Crippen molar-refractivity contribution in [2.75, 3.05) is 26.9 Å². The van der Waals surface area contributed by atoms with Gasteiger partial charge in [-0.1, -0.05) is 0 Å². The molecule has 0 N–H and O–H groups in total. The Morgan fingerprint density at radius 3 is 3.06 bits per heavy atom. The lowest BCUT2D eigenvalue weighted by Gasteiger charge is -2.26. The molecule has 2 rings (SSSR count). The first-order valence-corrected chi connectivity index (χ1v) is 7.01. The lowest BCUT2D eigenvalue weighted by Crippen LogP contribution is -2.43. The second kappa shape index (κ2) is 5.95. The molecule has 1 saturated heterocycles. The molecule has 1 amide bonds. The predicted molar refractivity (Wildman–Crippen MR) is 69.1 cm³/mol. The van der Waals surface area contributed by atoms with Gasteiger partial charge >= 0.3 is 0 Å². The van der Waals surface area contributed by atoms with Gasteiger partial charge in [-0.2, -0.15) is 0 Å². The van der Waals surface area contributed by atoms with E-state index in [1.807, 2.05) is 11.4 Å². The Balaban J connectivity index is 1.90. The zero-order valence-electron chi connectivity index (χ0n) is 9.52. The third-order valence-electron chi connectivity index (χ3n) is 2.51. The lowest BCUT2D eigenvalue weighted by molar-refractivity contribution is -0.157. The molecule has 17 heavy (non-hydrogen) atoms. The van der Waals surface area contributed by atoms with E-state index in [0.717, 1.165) is 9.35 Å². The number of hydrogen-bond donors (Lipinski definition) is 0. The van der Waals surface area contributed by atoms with Crippen molar-refractivity contribution in [3.05, 3.63) is 20.8 Å². The summed E-state index contributed by atoms with van der Waals surface area (Å²) >= 11 is 5.02. The van der Waals surface area contributed by atoms with Gasteiger partial charge in [0.15, 0.2) is 6.10 Å². The summed E-state index contributed by atoms with van der Waals surface area (Å²) in [5.41, 5.74) is 1.12. The third-order valence-corrected chi connectivity index (χ3v) is 4.06. The number of thiophene rings is 1. The van der Waals surface area contributed by atoms with Gasteiger partial charge in [0.25, 0.3) is 5.91 Å². The van der Waals surface area contributed by atoms with Crippen molar-refractivity contribution in [1.29, 1.82) is 0 Å². The summed E-state index contributed by atoms with van der Waals surface area (Å²) in [6.07, 6.45) is -0.448. The number of carbonyl (C=O) groups is 1. The lowest BCUT2D eigenvalue weighted by atomic mass is 10.2. The Bertz CT molecular complexity index is 390. The summed E-state index contributed by atoms with van der Waals surface area (Å²) < 4.78 is 11.7. The van der Waals surface area contributed by atoms with Gasteiger partial charge in [-0.3, -0.25) is 4.79 Å². The summed E-state index contributed by atoms with van der Waals surface area (Å²) in [6.45, 7) is 2.02. The van der Waals surface area contributed by atoms with Gasteiger partial charge in [0.05, 0.1) is 23.6 Å². The van der Waals surface area contributed by atoms with E-state index >= 15 is 0 Å². The second-order valence-electron chi connectivity index (χ2n) is 3.89. The highest BCUT2D eigenvalue weighted by molar-refractivity contribution is 9.11. The number of carbonyl (C=O) groups excluding carboxylic acids is 1. The summed E-state index contributed by atoms with van der Waals surface area (Å²) in [5.74, 6) is -0.0213. The maximum atomic E-state index is 12.0. The van der Waals surface area contributed by atoms with Crippen LogP contribution in [0, 0.1) is 0 Å². The molecule has 1 aromatic rings. The van der Waals surface area contributed by atoms with Gasteiger partial charge in [-0.25, -0.2) is 0 Å². The predicted octanol–water partition coefficient (Wildman–Crippen LogP) is 1.88. The highest BCUT2D eigenvalue weighted by Crippen LogP contribution is 2.21. The molecule has 0 spiro atoms. The summed E-state index contributed by atoms with van der Waals surface area (Å²) in [5, 5.41) is 2.03. The average Bonchev–Trinajstić information content (AvgIpc) is 2.75. The summed E-state index contributed by atoms with van der Waals surface area (Å²) in [6, 6.07) is 2.02. The third kappa shape index (κ3) is 3.51. The van der Waals surface area contributed by atoms with Crippen LogP contribution < -0.4 is 0 Å². The number of likely N-dealkylation sites (N-methyl/N-ethyl adjacent to an activating group) is 1. The Labute approximate surface area is 113 Å². The van der Waals surface area contributed by atoms with Gasteiger partial charge in [-0.15, -0.1) is 11.3 Å². The number of hydrogen-bond acceptors (Lipinski definition) is 4. The van der Waals surface area contributed by atoms with Gasteiger partial charge in [0, 0.05) is 13.6 Å². The molecule has 0 radical (unpaired) electrons. The number of rotatable bonds is 3. The van der Waals surface area contributed by atoms with Crippen LogP contribution in [0.1, 0.15) is 5.56 Å². The molecule has 0 aromatic carbocycles. The molecule has 1 unspecified atom stereocenters. The highest BCUT2D eigenvalue weighted by atomic mass is 79.9. The van der Waals surface area contributed by atoms with Crippen LogP contribution >= 0.6 is 27.3 Å². The maximum absolute atomic E-state index is 12.0. The van der Waals surface area contributed by atoms with Crippen LogP contribution in [0.2, 0.25) is 0 Å². The molecule has 1 fully saturated rings. The van der Waals surface area contributed by atoms with Crippen LogP contribution in [0.25, 0.3) is 0 Å². The van der Waals surface area contributed by atoms with E-state index in [0.29, 0.717) is 26.4 Å². The molecular weight excluding hydrogens is 306 g/mol. The van der Waals surface area contributed by atoms with E-state index < -0.39 is 6.10 Å².